The molecule has 5 nitrogen and oxygen atoms in total. The van der Waals surface area contributed by atoms with Crippen molar-refractivity contribution in [1.29, 1.82) is 0 Å². The van der Waals surface area contributed by atoms with Gasteiger partial charge in [0.15, 0.2) is 5.96 Å². The van der Waals surface area contributed by atoms with E-state index in [0.717, 1.165) is 25.5 Å². The highest BCUT2D eigenvalue weighted by Gasteiger charge is 2.29. The highest BCUT2D eigenvalue weighted by atomic mass is 127. The molecule has 1 heterocycles. The molecule has 146 valence electrons. The van der Waals surface area contributed by atoms with Crippen LogP contribution in [-0.2, 0) is 11.2 Å². The summed E-state index contributed by atoms with van der Waals surface area (Å²) in [6.07, 6.45) is 3.42. The van der Waals surface area contributed by atoms with E-state index >= 15 is 0 Å². The molecule has 0 aromatic heterocycles. The topological polar surface area (TPSA) is 56.7 Å². The van der Waals surface area contributed by atoms with E-state index in [1.807, 2.05) is 17.8 Å². The first-order valence-electron chi connectivity index (χ1n) is 8.89. The molecule has 1 aromatic carbocycles. The number of thioether (sulfide) groups is 1. The van der Waals surface area contributed by atoms with Crippen LogP contribution in [0.15, 0.2) is 35.3 Å². The molecule has 2 rings (SSSR count). The average Bonchev–Trinajstić information content (AvgIpc) is 3.04. The Morgan fingerprint density at radius 1 is 1.27 bits per heavy atom. The number of likely N-dealkylation sites (N-methyl/N-ethyl adjacent to an activating group) is 1. The molecule has 1 unspecified atom stereocenters. The van der Waals surface area contributed by atoms with Crippen molar-refractivity contribution in [3.05, 3.63) is 35.9 Å². The van der Waals surface area contributed by atoms with Gasteiger partial charge in [-0.3, -0.25) is 4.79 Å². The molecule has 0 saturated carbocycles. The Morgan fingerprint density at radius 3 is 2.62 bits per heavy atom. The van der Waals surface area contributed by atoms with Gasteiger partial charge in [-0.05, 0) is 37.5 Å². The molecule has 1 fully saturated rings. The number of nitrogens with one attached hydrogen (secondary N) is 2. The van der Waals surface area contributed by atoms with Crippen LogP contribution in [0.1, 0.15) is 25.3 Å². The Balaban J connectivity index is 0.00000338. The van der Waals surface area contributed by atoms with Crippen LogP contribution in [0.25, 0.3) is 0 Å². The van der Waals surface area contributed by atoms with Crippen LogP contribution in [0, 0.1) is 0 Å². The quantitative estimate of drug-likeness (QED) is 0.351. The van der Waals surface area contributed by atoms with E-state index in [-0.39, 0.29) is 41.2 Å². The van der Waals surface area contributed by atoms with Crippen LogP contribution < -0.4 is 10.6 Å². The molecule has 1 aliphatic rings. The predicted molar refractivity (Wildman–Crippen MR) is 123 cm³/mol. The second-order valence-electron chi connectivity index (χ2n) is 6.87. The summed E-state index contributed by atoms with van der Waals surface area (Å²) in [4.78, 5) is 17.9. The van der Waals surface area contributed by atoms with Gasteiger partial charge in [0.1, 0.15) is 6.54 Å². The van der Waals surface area contributed by atoms with Crippen LogP contribution in [0.3, 0.4) is 0 Å². The summed E-state index contributed by atoms with van der Waals surface area (Å²) >= 11 is 2.02. The number of hydrogen-bond acceptors (Lipinski definition) is 3. The van der Waals surface area contributed by atoms with Gasteiger partial charge in [-0.15, -0.1) is 24.0 Å². The maximum absolute atomic E-state index is 11.8. The Bertz CT molecular complexity index is 574. The van der Waals surface area contributed by atoms with Gasteiger partial charge in [0, 0.05) is 31.9 Å². The van der Waals surface area contributed by atoms with E-state index in [0.29, 0.717) is 0 Å². The lowest BCUT2D eigenvalue weighted by Gasteiger charge is -2.24. The van der Waals surface area contributed by atoms with Crippen LogP contribution in [0.2, 0.25) is 0 Å². The summed E-state index contributed by atoms with van der Waals surface area (Å²) in [6.45, 7) is 4.11. The molecule has 1 saturated heterocycles. The van der Waals surface area contributed by atoms with Crippen molar-refractivity contribution < 1.29 is 4.79 Å². The molecule has 26 heavy (non-hydrogen) atoms. The van der Waals surface area contributed by atoms with Gasteiger partial charge in [-0.2, -0.15) is 11.8 Å². The highest BCUT2D eigenvalue weighted by molar-refractivity contribution is 14.0. The number of hydrogen-bond donors (Lipinski definition) is 2. The fourth-order valence-corrected chi connectivity index (χ4v) is 3.92. The van der Waals surface area contributed by atoms with Gasteiger partial charge in [0.25, 0.3) is 0 Å². The summed E-state index contributed by atoms with van der Waals surface area (Å²) in [6, 6.07) is 10.4. The second kappa shape index (κ2) is 11.7. The van der Waals surface area contributed by atoms with Gasteiger partial charge < -0.3 is 15.5 Å². The predicted octanol–water partition coefficient (Wildman–Crippen LogP) is 2.76. The number of guanidine groups is 1. The lowest BCUT2D eigenvalue weighted by atomic mass is 10.1. The molecular formula is C19H31IN4OS. The molecular weight excluding hydrogens is 459 g/mol. The maximum atomic E-state index is 11.8. The third-order valence-electron chi connectivity index (χ3n) is 4.35. The summed E-state index contributed by atoms with van der Waals surface area (Å²) < 4.78 is 0.257. The van der Waals surface area contributed by atoms with E-state index in [2.05, 4.69) is 46.8 Å². The Morgan fingerprint density at radius 2 is 2.00 bits per heavy atom. The number of halogens is 1. The zero-order chi connectivity index (χ0) is 18.1. The number of amides is 1. The van der Waals surface area contributed by atoms with E-state index < -0.39 is 0 Å². The number of rotatable bonds is 7. The van der Waals surface area contributed by atoms with Gasteiger partial charge in [0.05, 0.1) is 0 Å². The van der Waals surface area contributed by atoms with Crippen LogP contribution in [0.4, 0.5) is 0 Å². The lowest BCUT2D eigenvalue weighted by molar-refractivity contribution is -0.127. The Labute approximate surface area is 178 Å². The van der Waals surface area contributed by atoms with Gasteiger partial charge in [-0.1, -0.05) is 30.3 Å². The number of carbonyl (C=O) groups is 1. The standard InChI is InChI=1S/C19H30N4OS.HI/c1-19(11-7-13-25-19)15-22-18(21-14-17(24)23(2)3)20-12-10-16-8-5-4-6-9-16;/h4-6,8-9H,7,10-15H2,1-3H3,(H2,20,21,22);1H. The molecule has 0 aliphatic carbocycles. The fourth-order valence-electron chi connectivity index (χ4n) is 2.68. The van der Waals surface area contributed by atoms with Crippen molar-refractivity contribution in [2.45, 2.75) is 30.9 Å². The first-order valence-corrected chi connectivity index (χ1v) is 9.87. The summed E-state index contributed by atoms with van der Waals surface area (Å²) in [5.74, 6) is 1.95. The minimum absolute atomic E-state index is 0. The van der Waals surface area contributed by atoms with Crippen LogP contribution in [0.5, 0.6) is 0 Å². The molecule has 1 amide bonds. The van der Waals surface area contributed by atoms with Gasteiger partial charge >= 0.3 is 0 Å². The molecule has 1 atom stereocenters. The number of benzene rings is 1. The second-order valence-corrected chi connectivity index (χ2v) is 8.55. The normalized spacial score (nSPS) is 19.6. The summed E-state index contributed by atoms with van der Waals surface area (Å²) in [7, 11) is 3.51. The van der Waals surface area contributed by atoms with Crippen molar-refractivity contribution in [3.63, 3.8) is 0 Å². The maximum Gasteiger partial charge on any atom is 0.243 e. The van der Waals surface area contributed by atoms with Crippen molar-refractivity contribution in [2.24, 2.45) is 4.99 Å². The fraction of sp³-hybridized carbons (Fsp3) is 0.579. The smallest absolute Gasteiger partial charge is 0.243 e. The van der Waals surface area contributed by atoms with E-state index in [1.165, 1.54) is 24.2 Å². The Kier molecular flexibility index (Phi) is 10.4. The highest BCUT2D eigenvalue weighted by Crippen LogP contribution is 2.36. The SMILES string of the molecule is CN(C)C(=O)CN=C(NCCc1ccccc1)NCC1(C)CCCS1.I. The third kappa shape index (κ3) is 8.16. The average molecular weight is 490 g/mol. The van der Waals surface area contributed by atoms with Crippen molar-refractivity contribution in [2.75, 3.05) is 39.5 Å². The van der Waals surface area contributed by atoms with Crippen molar-refractivity contribution >= 4 is 47.6 Å². The van der Waals surface area contributed by atoms with E-state index in [9.17, 15) is 4.79 Å². The van der Waals surface area contributed by atoms with Crippen molar-refractivity contribution in [3.8, 4) is 0 Å². The molecule has 7 heteroatoms. The van der Waals surface area contributed by atoms with E-state index in [4.69, 9.17) is 0 Å². The zero-order valence-electron chi connectivity index (χ0n) is 16.0. The van der Waals surface area contributed by atoms with Crippen LogP contribution in [-0.4, -0.2) is 61.0 Å². The van der Waals surface area contributed by atoms with Gasteiger partial charge in [0.2, 0.25) is 5.91 Å². The first kappa shape index (κ1) is 23.1. The Hall–Kier alpha value is -0.960. The lowest BCUT2D eigenvalue weighted by Crippen LogP contribution is -2.44. The minimum Gasteiger partial charge on any atom is -0.356 e. The molecule has 1 aliphatic heterocycles. The minimum atomic E-state index is 0. The number of nitrogens with zero attached hydrogens (tertiary/aromatic N) is 2. The first-order chi connectivity index (χ1) is 12.0. The van der Waals surface area contributed by atoms with Crippen molar-refractivity contribution in [1.82, 2.24) is 15.5 Å². The third-order valence-corrected chi connectivity index (χ3v) is 5.89. The summed E-state index contributed by atoms with van der Waals surface area (Å²) in [5.41, 5.74) is 1.29. The molecule has 0 bridgehead atoms. The molecule has 0 radical (unpaired) electrons. The molecule has 2 N–H and O–H groups in total. The zero-order valence-corrected chi connectivity index (χ0v) is 19.1. The summed E-state index contributed by atoms with van der Waals surface area (Å²) in [5, 5.41) is 6.79. The number of carbonyl (C=O) groups excluding carboxylic acids is 1. The van der Waals surface area contributed by atoms with Gasteiger partial charge in [-0.25, -0.2) is 4.99 Å². The monoisotopic (exact) mass is 490 g/mol. The van der Waals surface area contributed by atoms with E-state index in [1.54, 1.807) is 19.0 Å². The molecule has 0 spiro atoms. The van der Waals surface area contributed by atoms with Crippen LogP contribution >= 0.6 is 35.7 Å². The largest absolute Gasteiger partial charge is 0.356 e. The number of aliphatic imine (C=N–C) groups is 1. The molecule has 1 aromatic rings.